The molecule has 1 amide bonds. The van der Waals surface area contributed by atoms with Gasteiger partial charge in [0.15, 0.2) is 0 Å². The summed E-state index contributed by atoms with van der Waals surface area (Å²) < 4.78 is 5.49. The summed E-state index contributed by atoms with van der Waals surface area (Å²) in [6.45, 7) is 0.729. The number of rotatable bonds is 3. The molecular weight excluding hydrogens is 288 g/mol. The third-order valence-electron chi connectivity index (χ3n) is 4.03. The number of pyridine rings is 1. The zero-order chi connectivity index (χ0) is 15.6. The van der Waals surface area contributed by atoms with Gasteiger partial charge in [-0.2, -0.15) is 0 Å². The molecule has 2 heterocycles. The quantitative estimate of drug-likeness (QED) is 0.807. The van der Waals surface area contributed by atoms with Crippen molar-refractivity contribution >= 4 is 22.5 Å². The Morgan fingerprint density at radius 3 is 3.04 bits per heavy atom. The van der Waals surface area contributed by atoms with Gasteiger partial charge in [-0.1, -0.05) is 30.3 Å². The van der Waals surface area contributed by atoms with Gasteiger partial charge in [0, 0.05) is 18.0 Å². The first-order valence-corrected chi connectivity index (χ1v) is 7.68. The van der Waals surface area contributed by atoms with Crippen LogP contribution >= 0.6 is 0 Å². The van der Waals surface area contributed by atoms with E-state index in [-0.39, 0.29) is 5.91 Å². The molecule has 114 valence electrons. The SMILES string of the molecule is O=C(Cc1ccc2c(c1)CCO2)Nc1cccc2cccnc12. The summed E-state index contributed by atoms with van der Waals surface area (Å²) in [5.41, 5.74) is 3.74. The molecule has 1 N–H and O–H groups in total. The molecule has 0 fully saturated rings. The highest BCUT2D eigenvalue weighted by Gasteiger charge is 2.14. The van der Waals surface area contributed by atoms with E-state index in [9.17, 15) is 4.79 Å². The van der Waals surface area contributed by atoms with E-state index in [1.807, 2.05) is 42.5 Å². The topological polar surface area (TPSA) is 51.2 Å². The van der Waals surface area contributed by atoms with Crippen LogP contribution in [0.3, 0.4) is 0 Å². The van der Waals surface area contributed by atoms with Gasteiger partial charge in [-0.05, 0) is 29.3 Å². The Hall–Kier alpha value is -2.88. The highest BCUT2D eigenvalue weighted by molar-refractivity contribution is 6.00. The number of nitrogens with one attached hydrogen (secondary N) is 1. The third-order valence-corrected chi connectivity index (χ3v) is 4.03. The van der Waals surface area contributed by atoms with E-state index in [0.717, 1.165) is 40.9 Å². The van der Waals surface area contributed by atoms with Crippen LogP contribution in [0.2, 0.25) is 0 Å². The zero-order valence-electron chi connectivity index (χ0n) is 12.6. The maximum Gasteiger partial charge on any atom is 0.228 e. The van der Waals surface area contributed by atoms with E-state index < -0.39 is 0 Å². The van der Waals surface area contributed by atoms with Crippen molar-refractivity contribution < 1.29 is 9.53 Å². The molecule has 0 radical (unpaired) electrons. The fraction of sp³-hybridized carbons (Fsp3) is 0.158. The van der Waals surface area contributed by atoms with E-state index in [0.29, 0.717) is 6.42 Å². The number of para-hydroxylation sites is 1. The van der Waals surface area contributed by atoms with Crippen LogP contribution < -0.4 is 10.1 Å². The van der Waals surface area contributed by atoms with Crippen molar-refractivity contribution in [1.29, 1.82) is 0 Å². The minimum absolute atomic E-state index is 0.0398. The van der Waals surface area contributed by atoms with Crippen LogP contribution in [0.4, 0.5) is 5.69 Å². The summed E-state index contributed by atoms with van der Waals surface area (Å²) in [6, 6.07) is 15.6. The summed E-state index contributed by atoms with van der Waals surface area (Å²) in [5, 5.41) is 3.98. The van der Waals surface area contributed by atoms with E-state index >= 15 is 0 Å². The lowest BCUT2D eigenvalue weighted by Gasteiger charge is -2.08. The Kier molecular flexibility index (Phi) is 3.42. The fourth-order valence-electron chi connectivity index (χ4n) is 2.93. The molecule has 2 aromatic carbocycles. The minimum Gasteiger partial charge on any atom is -0.493 e. The number of nitrogens with zero attached hydrogens (tertiary/aromatic N) is 1. The number of carbonyl (C=O) groups is 1. The Morgan fingerprint density at radius 2 is 2.09 bits per heavy atom. The fourth-order valence-corrected chi connectivity index (χ4v) is 2.93. The van der Waals surface area contributed by atoms with Crippen LogP contribution in [-0.2, 0) is 17.6 Å². The van der Waals surface area contributed by atoms with Crippen molar-refractivity contribution in [2.24, 2.45) is 0 Å². The summed E-state index contributed by atoms with van der Waals surface area (Å²) in [7, 11) is 0. The number of fused-ring (bicyclic) bond motifs is 2. The molecule has 1 aliphatic rings. The number of amides is 1. The normalized spacial score (nSPS) is 12.7. The molecular formula is C19H16N2O2. The van der Waals surface area contributed by atoms with Gasteiger partial charge in [0.2, 0.25) is 5.91 Å². The second kappa shape index (κ2) is 5.72. The first-order valence-electron chi connectivity index (χ1n) is 7.68. The van der Waals surface area contributed by atoms with Gasteiger partial charge >= 0.3 is 0 Å². The lowest BCUT2D eigenvalue weighted by atomic mass is 10.1. The molecule has 23 heavy (non-hydrogen) atoms. The van der Waals surface area contributed by atoms with Gasteiger partial charge in [-0.15, -0.1) is 0 Å². The molecule has 4 rings (SSSR count). The summed E-state index contributed by atoms with van der Waals surface area (Å²) in [5.74, 6) is 0.898. The van der Waals surface area contributed by atoms with Crippen molar-refractivity contribution in [2.75, 3.05) is 11.9 Å². The summed E-state index contributed by atoms with van der Waals surface area (Å²) >= 11 is 0. The molecule has 1 aromatic heterocycles. The van der Waals surface area contributed by atoms with E-state index in [2.05, 4.69) is 16.4 Å². The number of benzene rings is 2. The molecule has 4 nitrogen and oxygen atoms in total. The van der Waals surface area contributed by atoms with Gasteiger partial charge in [0.1, 0.15) is 5.75 Å². The Bertz CT molecular complexity index is 884. The van der Waals surface area contributed by atoms with Crippen LogP contribution in [-0.4, -0.2) is 17.5 Å². The van der Waals surface area contributed by atoms with Crippen LogP contribution in [0.15, 0.2) is 54.7 Å². The van der Waals surface area contributed by atoms with Crippen molar-refractivity contribution in [1.82, 2.24) is 4.98 Å². The molecule has 0 atom stereocenters. The maximum absolute atomic E-state index is 12.4. The molecule has 0 bridgehead atoms. The molecule has 0 unspecified atom stereocenters. The Morgan fingerprint density at radius 1 is 1.17 bits per heavy atom. The van der Waals surface area contributed by atoms with Crippen molar-refractivity contribution in [3.63, 3.8) is 0 Å². The second-order valence-electron chi connectivity index (χ2n) is 5.65. The molecule has 0 saturated heterocycles. The molecule has 0 aliphatic carbocycles. The average molecular weight is 304 g/mol. The predicted molar refractivity (Wildman–Crippen MR) is 89.7 cm³/mol. The molecule has 0 spiro atoms. The third kappa shape index (κ3) is 2.75. The van der Waals surface area contributed by atoms with Gasteiger partial charge in [-0.25, -0.2) is 0 Å². The standard InChI is InChI=1S/C19H16N2O2/c22-18(12-13-6-7-17-15(11-13)8-10-23-17)21-16-5-1-3-14-4-2-9-20-19(14)16/h1-7,9,11H,8,10,12H2,(H,21,22). The molecule has 0 saturated carbocycles. The number of anilines is 1. The Labute approximate surface area is 134 Å². The second-order valence-corrected chi connectivity index (χ2v) is 5.65. The lowest BCUT2D eigenvalue weighted by molar-refractivity contribution is -0.115. The number of aromatic nitrogens is 1. The van der Waals surface area contributed by atoms with Gasteiger partial charge in [0.05, 0.1) is 24.2 Å². The van der Waals surface area contributed by atoms with Crippen LogP contribution in [0, 0.1) is 0 Å². The van der Waals surface area contributed by atoms with Crippen LogP contribution in [0.5, 0.6) is 5.75 Å². The van der Waals surface area contributed by atoms with Crippen molar-refractivity contribution in [3.05, 3.63) is 65.9 Å². The Balaban J connectivity index is 1.53. The average Bonchev–Trinajstić information content (AvgIpc) is 3.03. The van der Waals surface area contributed by atoms with E-state index in [1.165, 1.54) is 5.56 Å². The lowest BCUT2D eigenvalue weighted by Crippen LogP contribution is -2.14. The molecule has 3 aromatic rings. The first-order chi connectivity index (χ1) is 11.3. The monoisotopic (exact) mass is 304 g/mol. The van der Waals surface area contributed by atoms with Gasteiger partial charge in [0.25, 0.3) is 0 Å². The van der Waals surface area contributed by atoms with Crippen LogP contribution in [0.1, 0.15) is 11.1 Å². The van der Waals surface area contributed by atoms with Crippen molar-refractivity contribution in [2.45, 2.75) is 12.8 Å². The molecule has 4 heteroatoms. The summed E-state index contributed by atoms with van der Waals surface area (Å²) in [4.78, 5) is 16.7. The van der Waals surface area contributed by atoms with Gasteiger partial charge in [-0.3, -0.25) is 9.78 Å². The number of hydrogen-bond acceptors (Lipinski definition) is 3. The van der Waals surface area contributed by atoms with E-state index in [4.69, 9.17) is 4.74 Å². The van der Waals surface area contributed by atoms with Gasteiger partial charge < -0.3 is 10.1 Å². The first kappa shape index (κ1) is 13.8. The van der Waals surface area contributed by atoms with Crippen molar-refractivity contribution in [3.8, 4) is 5.75 Å². The predicted octanol–water partition coefficient (Wildman–Crippen LogP) is 3.35. The highest BCUT2D eigenvalue weighted by Crippen LogP contribution is 2.26. The maximum atomic E-state index is 12.4. The van der Waals surface area contributed by atoms with Crippen LogP contribution in [0.25, 0.3) is 10.9 Å². The highest BCUT2D eigenvalue weighted by atomic mass is 16.5. The molecule has 1 aliphatic heterocycles. The number of ether oxygens (including phenoxy) is 1. The largest absolute Gasteiger partial charge is 0.493 e. The summed E-state index contributed by atoms with van der Waals surface area (Å²) in [6.07, 6.45) is 2.99. The minimum atomic E-state index is -0.0398. The number of carbonyl (C=O) groups excluding carboxylic acids is 1. The zero-order valence-corrected chi connectivity index (χ0v) is 12.6. The smallest absolute Gasteiger partial charge is 0.228 e. The van der Waals surface area contributed by atoms with E-state index in [1.54, 1.807) is 6.20 Å². The number of hydrogen-bond donors (Lipinski definition) is 1.